The Bertz CT molecular complexity index is 923. The van der Waals surface area contributed by atoms with Crippen molar-refractivity contribution >= 4 is 10.0 Å². The van der Waals surface area contributed by atoms with Gasteiger partial charge in [-0.3, -0.25) is 0 Å². The molecule has 0 amide bonds. The van der Waals surface area contributed by atoms with E-state index < -0.39 is 10.0 Å². The fourth-order valence-electron chi connectivity index (χ4n) is 2.32. The molecule has 1 aromatic carbocycles. The number of benzene rings is 1. The average Bonchev–Trinajstić information content (AvgIpc) is 2.84. The number of hydrogen-bond acceptors (Lipinski definition) is 3. The number of nitrogens with zero attached hydrogens (tertiary/aromatic N) is 2. The minimum absolute atomic E-state index is 0.281. The van der Waals surface area contributed by atoms with Crippen LogP contribution in [0.1, 0.15) is 28.1 Å². The highest BCUT2D eigenvalue weighted by molar-refractivity contribution is 7.88. The van der Waals surface area contributed by atoms with Gasteiger partial charge < -0.3 is 4.98 Å². The number of nitrogens with one attached hydrogen (secondary N) is 1. The Morgan fingerprint density at radius 3 is 2.29 bits per heavy atom. The van der Waals surface area contributed by atoms with Crippen molar-refractivity contribution in [1.29, 1.82) is 5.26 Å². The summed E-state index contributed by atoms with van der Waals surface area (Å²) >= 11 is 0. The zero-order valence-corrected chi connectivity index (χ0v) is 14.7. The molecule has 0 bridgehead atoms. The number of sulfonamides is 1. The van der Waals surface area contributed by atoms with Crippen molar-refractivity contribution < 1.29 is 8.42 Å². The molecule has 24 heavy (non-hydrogen) atoms. The standard InChI is InChI=1S/C18H19N3O2S/c1-14-12-15(2)20-18(14)9-11-21(24(3,22)23)10-8-16-4-6-17(13-19)7-5-16/h4-7,12,20H,9,11H2,1-3H3. The zero-order chi connectivity index (χ0) is 17.7. The molecule has 2 aromatic rings. The van der Waals surface area contributed by atoms with E-state index in [9.17, 15) is 8.42 Å². The molecule has 0 aliphatic carbocycles. The van der Waals surface area contributed by atoms with E-state index in [1.807, 2.05) is 26.0 Å². The van der Waals surface area contributed by atoms with Gasteiger partial charge in [0.2, 0.25) is 10.0 Å². The Kier molecular flexibility index (Phi) is 5.33. The predicted octanol–water partition coefficient (Wildman–Crippen LogP) is 2.32. The average molecular weight is 341 g/mol. The molecular formula is C18H19N3O2S. The van der Waals surface area contributed by atoms with Crippen LogP contribution in [0.15, 0.2) is 30.3 Å². The summed E-state index contributed by atoms with van der Waals surface area (Å²) in [5, 5.41) is 8.78. The lowest BCUT2D eigenvalue weighted by molar-refractivity contribution is 0.517. The molecule has 0 fully saturated rings. The van der Waals surface area contributed by atoms with E-state index in [1.54, 1.807) is 24.3 Å². The van der Waals surface area contributed by atoms with Crippen molar-refractivity contribution in [1.82, 2.24) is 9.29 Å². The SMILES string of the molecule is Cc1cc(C)c(CCN(C#Cc2ccc(C#N)cc2)S(C)(=O)=O)[nH]1. The number of nitriles is 1. The number of hydrogen-bond donors (Lipinski definition) is 1. The molecule has 1 heterocycles. The Balaban J connectivity index is 2.16. The topological polar surface area (TPSA) is 77.0 Å². The van der Waals surface area contributed by atoms with E-state index >= 15 is 0 Å². The first-order valence-electron chi connectivity index (χ1n) is 7.44. The maximum absolute atomic E-state index is 11.9. The van der Waals surface area contributed by atoms with E-state index in [4.69, 9.17) is 5.26 Å². The maximum atomic E-state index is 11.9. The fourth-order valence-corrected chi connectivity index (χ4v) is 2.95. The molecule has 124 valence electrons. The van der Waals surface area contributed by atoms with Gasteiger partial charge in [0.1, 0.15) is 0 Å². The van der Waals surface area contributed by atoms with Crippen LogP contribution in [0.2, 0.25) is 0 Å². The first-order chi connectivity index (χ1) is 11.3. The van der Waals surface area contributed by atoms with Crippen LogP contribution in [0.3, 0.4) is 0 Å². The summed E-state index contributed by atoms with van der Waals surface area (Å²) in [5.41, 5.74) is 4.38. The van der Waals surface area contributed by atoms with Gasteiger partial charge in [-0.2, -0.15) is 5.26 Å². The van der Waals surface area contributed by atoms with E-state index in [2.05, 4.69) is 16.9 Å². The van der Waals surface area contributed by atoms with Crippen LogP contribution in [0.5, 0.6) is 0 Å². The summed E-state index contributed by atoms with van der Waals surface area (Å²) in [4.78, 5) is 3.24. The van der Waals surface area contributed by atoms with Crippen LogP contribution in [0.4, 0.5) is 0 Å². The third-order valence-electron chi connectivity index (χ3n) is 3.56. The van der Waals surface area contributed by atoms with Gasteiger partial charge >= 0.3 is 0 Å². The second kappa shape index (κ2) is 7.25. The zero-order valence-electron chi connectivity index (χ0n) is 13.9. The van der Waals surface area contributed by atoms with Gasteiger partial charge in [0.25, 0.3) is 0 Å². The summed E-state index contributed by atoms with van der Waals surface area (Å²) in [6.07, 6.45) is 1.71. The lowest BCUT2D eigenvalue weighted by Crippen LogP contribution is -2.27. The van der Waals surface area contributed by atoms with E-state index in [-0.39, 0.29) is 6.54 Å². The Morgan fingerprint density at radius 1 is 1.17 bits per heavy atom. The summed E-state index contributed by atoms with van der Waals surface area (Å²) in [6.45, 7) is 4.24. The first-order valence-corrected chi connectivity index (χ1v) is 9.29. The summed E-state index contributed by atoms with van der Waals surface area (Å²) in [6, 6.07) is 13.5. The van der Waals surface area contributed by atoms with Crippen molar-refractivity contribution in [3.05, 3.63) is 58.4 Å². The Morgan fingerprint density at radius 2 is 1.79 bits per heavy atom. The summed E-state index contributed by atoms with van der Waals surface area (Å²) in [5.74, 6) is 2.84. The van der Waals surface area contributed by atoms with Gasteiger partial charge in [0.15, 0.2) is 0 Å². The molecule has 6 heteroatoms. The fraction of sp³-hybridized carbons (Fsp3) is 0.278. The third-order valence-corrected chi connectivity index (χ3v) is 4.64. The molecule has 1 aromatic heterocycles. The first kappa shape index (κ1) is 17.7. The Hall–Kier alpha value is -2.70. The van der Waals surface area contributed by atoms with Crippen LogP contribution >= 0.6 is 0 Å². The molecule has 1 N–H and O–H groups in total. The molecule has 0 aliphatic heterocycles. The molecule has 0 atom stereocenters. The molecular weight excluding hydrogens is 322 g/mol. The summed E-state index contributed by atoms with van der Waals surface area (Å²) < 4.78 is 25.0. The molecule has 0 saturated carbocycles. The quantitative estimate of drug-likeness (QED) is 0.685. The molecule has 0 aliphatic rings. The summed E-state index contributed by atoms with van der Waals surface area (Å²) in [7, 11) is -3.43. The minimum atomic E-state index is -3.43. The molecule has 0 unspecified atom stereocenters. The van der Waals surface area contributed by atoms with Crippen LogP contribution in [-0.2, 0) is 16.4 Å². The molecule has 5 nitrogen and oxygen atoms in total. The highest BCUT2D eigenvalue weighted by Gasteiger charge is 2.13. The monoisotopic (exact) mass is 341 g/mol. The van der Waals surface area contributed by atoms with Crippen molar-refractivity contribution in [3.63, 3.8) is 0 Å². The van der Waals surface area contributed by atoms with Crippen LogP contribution in [-0.4, -0.2) is 30.5 Å². The number of aryl methyl sites for hydroxylation is 2. The van der Waals surface area contributed by atoms with Gasteiger partial charge in [0, 0.05) is 36.0 Å². The van der Waals surface area contributed by atoms with Crippen molar-refractivity contribution in [2.75, 3.05) is 12.8 Å². The number of aromatic nitrogens is 1. The van der Waals surface area contributed by atoms with Crippen molar-refractivity contribution in [3.8, 4) is 18.0 Å². The van der Waals surface area contributed by atoms with Gasteiger partial charge in [-0.05, 0) is 55.7 Å². The van der Waals surface area contributed by atoms with Gasteiger partial charge in [-0.1, -0.05) is 0 Å². The number of rotatable bonds is 4. The third kappa shape index (κ3) is 4.65. The van der Waals surface area contributed by atoms with E-state index in [1.165, 1.54) is 0 Å². The second-order valence-electron chi connectivity index (χ2n) is 5.63. The maximum Gasteiger partial charge on any atom is 0.238 e. The van der Waals surface area contributed by atoms with E-state index in [0.717, 1.165) is 27.5 Å². The number of aromatic amines is 1. The predicted molar refractivity (Wildman–Crippen MR) is 93.6 cm³/mol. The van der Waals surface area contributed by atoms with Crippen LogP contribution in [0.25, 0.3) is 0 Å². The Labute approximate surface area is 143 Å². The van der Waals surface area contributed by atoms with Crippen molar-refractivity contribution in [2.24, 2.45) is 0 Å². The lowest BCUT2D eigenvalue weighted by atomic mass is 10.1. The molecule has 0 spiro atoms. The van der Waals surface area contributed by atoms with Gasteiger partial charge in [-0.15, -0.1) is 0 Å². The van der Waals surface area contributed by atoms with Gasteiger partial charge in [-0.25, -0.2) is 12.7 Å². The molecule has 0 saturated heterocycles. The van der Waals surface area contributed by atoms with Crippen LogP contribution in [0, 0.1) is 37.1 Å². The minimum Gasteiger partial charge on any atom is -0.362 e. The highest BCUT2D eigenvalue weighted by atomic mass is 32.2. The lowest BCUT2D eigenvalue weighted by Gasteiger charge is -2.14. The molecule has 2 rings (SSSR count). The van der Waals surface area contributed by atoms with Crippen LogP contribution < -0.4 is 0 Å². The molecule has 0 radical (unpaired) electrons. The largest absolute Gasteiger partial charge is 0.362 e. The number of H-pyrrole nitrogens is 1. The normalized spacial score (nSPS) is 10.6. The smallest absolute Gasteiger partial charge is 0.238 e. The van der Waals surface area contributed by atoms with Crippen molar-refractivity contribution in [2.45, 2.75) is 20.3 Å². The highest BCUT2D eigenvalue weighted by Crippen LogP contribution is 2.11. The van der Waals surface area contributed by atoms with Gasteiger partial charge in [0.05, 0.1) is 17.9 Å². The second-order valence-corrected chi connectivity index (χ2v) is 7.53. The van der Waals surface area contributed by atoms with E-state index in [0.29, 0.717) is 17.5 Å².